The van der Waals surface area contributed by atoms with Gasteiger partial charge in [0.05, 0.1) is 0 Å². The second-order valence-electron chi connectivity index (χ2n) is 6.74. The Balaban J connectivity index is 1.52. The summed E-state index contributed by atoms with van der Waals surface area (Å²) in [5, 5.41) is 3.96. The Labute approximate surface area is 110 Å². The molecule has 0 radical (unpaired) electrons. The Hall–Kier alpha value is 0.270. The van der Waals surface area contributed by atoms with E-state index in [2.05, 4.69) is 35.8 Å². The fourth-order valence-electron chi connectivity index (χ4n) is 3.19. The predicted octanol–water partition coefficient (Wildman–Crippen LogP) is 2.34. The van der Waals surface area contributed by atoms with Crippen LogP contribution in [-0.2, 0) is 0 Å². The van der Waals surface area contributed by atoms with E-state index >= 15 is 0 Å². The minimum atomic E-state index is 0.498. The van der Waals surface area contributed by atoms with Gasteiger partial charge in [-0.2, -0.15) is 11.8 Å². The first-order valence-corrected chi connectivity index (χ1v) is 8.38. The monoisotopic (exact) mass is 254 g/mol. The zero-order valence-electron chi connectivity index (χ0n) is 11.2. The van der Waals surface area contributed by atoms with Gasteiger partial charge in [0.1, 0.15) is 0 Å². The van der Waals surface area contributed by atoms with Crippen molar-refractivity contribution in [1.82, 2.24) is 10.2 Å². The lowest BCUT2D eigenvalue weighted by atomic mass is 9.82. The largest absolute Gasteiger partial charge is 0.309 e. The van der Waals surface area contributed by atoms with E-state index in [4.69, 9.17) is 0 Å². The van der Waals surface area contributed by atoms with Crippen molar-refractivity contribution in [2.24, 2.45) is 5.41 Å². The molecule has 3 rings (SSSR count). The van der Waals surface area contributed by atoms with E-state index in [0.29, 0.717) is 5.41 Å². The molecule has 2 heterocycles. The van der Waals surface area contributed by atoms with Gasteiger partial charge >= 0.3 is 0 Å². The molecule has 1 saturated carbocycles. The summed E-state index contributed by atoms with van der Waals surface area (Å²) in [5.41, 5.74) is 0.498. The summed E-state index contributed by atoms with van der Waals surface area (Å²) in [6.45, 7) is 7.53. The Morgan fingerprint density at radius 3 is 2.76 bits per heavy atom. The smallest absolute Gasteiger partial charge is 0.0212 e. The lowest BCUT2D eigenvalue weighted by molar-refractivity contribution is 0.224. The highest BCUT2D eigenvalue weighted by atomic mass is 32.2. The van der Waals surface area contributed by atoms with Crippen LogP contribution in [-0.4, -0.2) is 47.6 Å². The van der Waals surface area contributed by atoms with Gasteiger partial charge in [0.2, 0.25) is 0 Å². The molecule has 2 aliphatic heterocycles. The Morgan fingerprint density at radius 1 is 1.24 bits per heavy atom. The van der Waals surface area contributed by atoms with Gasteiger partial charge in [-0.15, -0.1) is 0 Å². The predicted molar refractivity (Wildman–Crippen MR) is 75.6 cm³/mol. The molecule has 0 aromatic heterocycles. The van der Waals surface area contributed by atoms with Crippen LogP contribution in [0, 0.1) is 5.41 Å². The molecule has 2 unspecified atom stereocenters. The van der Waals surface area contributed by atoms with Gasteiger partial charge < -0.3 is 5.32 Å². The summed E-state index contributed by atoms with van der Waals surface area (Å²) in [6, 6.07) is 2.44. The summed E-state index contributed by atoms with van der Waals surface area (Å²) in [4.78, 5) is 2.71. The maximum Gasteiger partial charge on any atom is 0.0212 e. The van der Waals surface area contributed by atoms with E-state index in [1.165, 1.54) is 50.3 Å². The molecule has 3 fully saturated rings. The molecule has 17 heavy (non-hydrogen) atoms. The van der Waals surface area contributed by atoms with E-state index in [9.17, 15) is 0 Å². The molecule has 2 saturated heterocycles. The molecule has 2 nitrogen and oxygen atoms in total. The fourth-order valence-corrected chi connectivity index (χ4v) is 4.81. The van der Waals surface area contributed by atoms with Crippen molar-refractivity contribution >= 4 is 11.8 Å². The van der Waals surface area contributed by atoms with Crippen LogP contribution in [0.1, 0.15) is 39.5 Å². The van der Waals surface area contributed by atoms with Gasteiger partial charge in [-0.1, -0.05) is 13.8 Å². The normalized spacial score (nSPS) is 38.5. The minimum absolute atomic E-state index is 0.498. The third-order valence-corrected chi connectivity index (χ3v) is 5.90. The number of hydrogen-bond donors (Lipinski definition) is 1. The van der Waals surface area contributed by atoms with Crippen molar-refractivity contribution in [3.8, 4) is 0 Å². The van der Waals surface area contributed by atoms with Gasteiger partial charge in [0.15, 0.2) is 0 Å². The van der Waals surface area contributed by atoms with Crippen molar-refractivity contribution in [1.29, 1.82) is 0 Å². The van der Waals surface area contributed by atoms with Crippen LogP contribution in [0.25, 0.3) is 0 Å². The first-order chi connectivity index (χ1) is 8.15. The second kappa shape index (κ2) is 4.75. The number of nitrogens with one attached hydrogen (secondary N) is 1. The quantitative estimate of drug-likeness (QED) is 0.832. The molecule has 2 atom stereocenters. The molecule has 0 spiro atoms. The van der Waals surface area contributed by atoms with Crippen molar-refractivity contribution in [3.63, 3.8) is 0 Å². The van der Waals surface area contributed by atoms with Gasteiger partial charge in [0, 0.05) is 37.0 Å². The molecule has 0 aromatic rings. The van der Waals surface area contributed by atoms with Gasteiger partial charge in [-0.05, 0) is 36.9 Å². The van der Waals surface area contributed by atoms with Gasteiger partial charge in [0.25, 0.3) is 0 Å². The van der Waals surface area contributed by atoms with Crippen LogP contribution in [0.2, 0.25) is 0 Å². The summed E-state index contributed by atoms with van der Waals surface area (Å²) in [5.74, 6) is 2.66. The molecule has 0 bridgehead atoms. The van der Waals surface area contributed by atoms with Crippen LogP contribution in [0.4, 0.5) is 0 Å². The summed E-state index contributed by atoms with van der Waals surface area (Å²) in [7, 11) is 0. The average Bonchev–Trinajstić information content (AvgIpc) is 3.03. The number of likely N-dealkylation sites (tertiary alicyclic amines) is 1. The number of thioether (sulfide) groups is 1. The third kappa shape index (κ3) is 2.82. The van der Waals surface area contributed by atoms with Crippen molar-refractivity contribution in [2.45, 2.75) is 57.7 Å². The lowest BCUT2D eigenvalue weighted by Gasteiger charge is -2.40. The molecule has 0 amide bonds. The summed E-state index contributed by atoms with van der Waals surface area (Å²) < 4.78 is 0. The SMILES string of the molecule is CC1(C)CCSCC1NC1CCN(C2CC2)C1. The van der Waals surface area contributed by atoms with Crippen LogP contribution < -0.4 is 5.32 Å². The third-order valence-electron chi connectivity index (χ3n) is 4.84. The van der Waals surface area contributed by atoms with Crippen molar-refractivity contribution in [2.75, 3.05) is 24.6 Å². The van der Waals surface area contributed by atoms with E-state index in [1.807, 2.05) is 0 Å². The van der Waals surface area contributed by atoms with Crippen molar-refractivity contribution < 1.29 is 0 Å². The first kappa shape index (κ1) is 12.3. The van der Waals surface area contributed by atoms with E-state index < -0.39 is 0 Å². The molecular formula is C14H26N2S. The molecule has 1 aliphatic carbocycles. The van der Waals surface area contributed by atoms with E-state index in [-0.39, 0.29) is 0 Å². The molecular weight excluding hydrogens is 228 g/mol. The Kier molecular flexibility index (Phi) is 3.44. The standard InChI is InChI=1S/C14H26N2S/c1-14(2)6-8-17-10-13(14)15-11-5-7-16(9-11)12-3-4-12/h11-13,15H,3-10H2,1-2H3. The van der Waals surface area contributed by atoms with Crippen LogP contribution in [0.5, 0.6) is 0 Å². The average molecular weight is 254 g/mol. The molecule has 98 valence electrons. The highest BCUT2D eigenvalue weighted by molar-refractivity contribution is 7.99. The Bertz CT molecular complexity index is 275. The molecule has 3 heteroatoms. The fraction of sp³-hybridized carbons (Fsp3) is 1.00. The number of hydrogen-bond acceptors (Lipinski definition) is 3. The minimum Gasteiger partial charge on any atom is -0.309 e. The van der Waals surface area contributed by atoms with Crippen LogP contribution >= 0.6 is 11.8 Å². The number of rotatable bonds is 3. The van der Waals surface area contributed by atoms with E-state index in [1.54, 1.807) is 0 Å². The highest BCUT2D eigenvalue weighted by Crippen LogP contribution is 2.35. The molecule has 1 N–H and O–H groups in total. The molecule has 3 aliphatic rings. The lowest BCUT2D eigenvalue weighted by Crippen LogP contribution is -2.51. The van der Waals surface area contributed by atoms with Crippen molar-refractivity contribution in [3.05, 3.63) is 0 Å². The maximum absolute atomic E-state index is 3.96. The van der Waals surface area contributed by atoms with Crippen LogP contribution in [0.3, 0.4) is 0 Å². The highest BCUT2D eigenvalue weighted by Gasteiger charge is 2.38. The van der Waals surface area contributed by atoms with Gasteiger partial charge in [-0.25, -0.2) is 0 Å². The van der Waals surface area contributed by atoms with Gasteiger partial charge in [-0.3, -0.25) is 4.90 Å². The number of nitrogens with zero attached hydrogens (tertiary/aromatic N) is 1. The van der Waals surface area contributed by atoms with E-state index in [0.717, 1.165) is 18.1 Å². The van der Waals surface area contributed by atoms with Crippen LogP contribution in [0.15, 0.2) is 0 Å². The Morgan fingerprint density at radius 2 is 2.06 bits per heavy atom. The second-order valence-corrected chi connectivity index (χ2v) is 7.89. The zero-order valence-corrected chi connectivity index (χ0v) is 12.1. The summed E-state index contributed by atoms with van der Waals surface area (Å²) >= 11 is 2.13. The molecule has 0 aromatic carbocycles. The maximum atomic E-state index is 3.96. The summed E-state index contributed by atoms with van der Waals surface area (Å²) in [6.07, 6.45) is 5.65. The topological polar surface area (TPSA) is 15.3 Å². The first-order valence-electron chi connectivity index (χ1n) is 7.23. The zero-order chi connectivity index (χ0) is 11.9.